The number of nitrogens with one attached hydrogen (secondary N) is 1. The number of aromatic amines is 1. The van der Waals surface area contributed by atoms with Gasteiger partial charge in [0.05, 0.1) is 29.4 Å². The summed E-state index contributed by atoms with van der Waals surface area (Å²) >= 11 is 0. The summed E-state index contributed by atoms with van der Waals surface area (Å²) in [6.07, 6.45) is 5.76. The Bertz CT molecular complexity index is 1020. The van der Waals surface area contributed by atoms with Gasteiger partial charge in [0.25, 0.3) is 0 Å². The number of hydrogen-bond acceptors (Lipinski definition) is 4. The van der Waals surface area contributed by atoms with E-state index in [9.17, 15) is 0 Å². The topological polar surface area (TPSA) is 66.3 Å². The fourth-order valence-electron chi connectivity index (χ4n) is 2.69. The van der Waals surface area contributed by atoms with Gasteiger partial charge in [-0.1, -0.05) is 48.5 Å². The quantitative estimate of drug-likeness (QED) is 0.441. The van der Waals surface area contributed by atoms with Crippen molar-refractivity contribution in [1.29, 1.82) is 0 Å². The average Bonchev–Trinajstić information content (AvgIpc) is 3.11. The second-order valence-electron chi connectivity index (χ2n) is 5.82. The number of aromatic nitrogens is 3. The number of rotatable bonds is 5. The van der Waals surface area contributed by atoms with E-state index >= 15 is 0 Å². The molecule has 4 rings (SSSR count). The van der Waals surface area contributed by atoms with Gasteiger partial charge in [-0.25, -0.2) is 4.98 Å². The van der Waals surface area contributed by atoms with Crippen LogP contribution < -0.4 is 0 Å². The van der Waals surface area contributed by atoms with Gasteiger partial charge in [-0.15, -0.1) is 0 Å². The van der Waals surface area contributed by atoms with Crippen LogP contribution in [0.15, 0.2) is 89.3 Å². The van der Waals surface area contributed by atoms with Gasteiger partial charge in [0.15, 0.2) is 0 Å². The third-order valence-corrected chi connectivity index (χ3v) is 3.95. The summed E-state index contributed by atoms with van der Waals surface area (Å²) in [5.41, 5.74) is 4.76. The second kappa shape index (κ2) is 7.53. The highest BCUT2D eigenvalue weighted by molar-refractivity contribution is 6.02. The monoisotopic (exact) mass is 339 g/mol. The van der Waals surface area contributed by atoms with Crippen LogP contribution in [0.3, 0.4) is 0 Å². The van der Waals surface area contributed by atoms with Crippen LogP contribution in [0.2, 0.25) is 0 Å². The summed E-state index contributed by atoms with van der Waals surface area (Å²) in [6.45, 7) is 0. The zero-order valence-electron chi connectivity index (χ0n) is 14.1. The first kappa shape index (κ1) is 15.9. The fourth-order valence-corrected chi connectivity index (χ4v) is 2.69. The van der Waals surface area contributed by atoms with Crippen LogP contribution in [0, 0.1) is 0 Å². The van der Waals surface area contributed by atoms with Crippen molar-refractivity contribution in [3.63, 3.8) is 0 Å². The maximum Gasteiger partial charge on any atom is 0.113 e. The number of nitrogens with zero attached hydrogens (tertiary/aromatic N) is 4. The predicted octanol–water partition coefficient (Wildman–Crippen LogP) is 4.02. The SMILES string of the molecule is C(=N\N=C(\Cc1nc2ccccc2[nH]1)c1ccccc1)/c1cccnc1. The molecule has 0 aliphatic carbocycles. The van der Waals surface area contributed by atoms with Gasteiger partial charge in [-0.05, 0) is 23.8 Å². The Morgan fingerprint density at radius 1 is 0.962 bits per heavy atom. The van der Waals surface area contributed by atoms with E-state index in [1.54, 1.807) is 18.6 Å². The summed E-state index contributed by atoms with van der Waals surface area (Å²) in [7, 11) is 0. The van der Waals surface area contributed by atoms with Crippen LogP contribution in [-0.2, 0) is 6.42 Å². The Hall–Kier alpha value is -3.60. The Morgan fingerprint density at radius 2 is 1.81 bits per heavy atom. The largest absolute Gasteiger partial charge is 0.342 e. The third-order valence-electron chi connectivity index (χ3n) is 3.95. The molecule has 1 N–H and O–H groups in total. The average molecular weight is 339 g/mol. The van der Waals surface area contributed by atoms with Crippen molar-refractivity contribution in [2.24, 2.45) is 10.2 Å². The van der Waals surface area contributed by atoms with Crippen LogP contribution in [0.1, 0.15) is 17.0 Å². The van der Waals surface area contributed by atoms with Crippen LogP contribution in [0.4, 0.5) is 0 Å². The van der Waals surface area contributed by atoms with Gasteiger partial charge < -0.3 is 4.98 Å². The van der Waals surface area contributed by atoms with Crippen molar-refractivity contribution in [1.82, 2.24) is 15.0 Å². The van der Waals surface area contributed by atoms with E-state index < -0.39 is 0 Å². The van der Waals surface area contributed by atoms with Crippen molar-refractivity contribution < 1.29 is 0 Å². The van der Waals surface area contributed by atoms with Gasteiger partial charge in [0.1, 0.15) is 5.82 Å². The summed E-state index contributed by atoms with van der Waals surface area (Å²) in [5, 5.41) is 8.70. The van der Waals surface area contributed by atoms with Crippen molar-refractivity contribution in [2.45, 2.75) is 6.42 Å². The molecule has 4 aromatic rings. The van der Waals surface area contributed by atoms with Crippen molar-refractivity contribution in [2.75, 3.05) is 0 Å². The van der Waals surface area contributed by atoms with Crippen LogP contribution >= 0.6 is 0 Å². The van der Waals surface area contributed by atoms with E-state index in [1.165, 1.54) is 0 Å². The molecular formula is C21H17N5. The van der Waals surface area contributed by atoms with Gasteiger partial charge >= 0.3 is 0 Å². The molecule has 26 heavy (non-hydrogen) atoms. The number of fused-ring (bicyclic) bond motifs is 1. The number of H-pyrrole nitrogens is 1. The standard InChI is InChI=1S/C21H17N5/c1-2-8-17(9-3-1)20(26-23-15-16-7-6-12-22-14-16)13-21-24-18-10-4-5-11-19(18)25-21/h1-12,14-15H,13H2,(H,24,25)/b23-15+,26-20-. The molecule has 2 aromatic heterocycles. The lowest BCUT2D eigenvalue weighted by Crippen LogP contribution is -2.06. The first-order valence-electron chi connectivity index (χ1n) is 8.37. The van der Waals surface area contributed by atoms with Crippen molar-refractivity contribution in [3.8, 4) is 0 Å². The molecule has 0 spiro atoms. The van der Waals surface area contributed by atoms with Crippen molar-refractivity contribution >= 4 is 23.0 Å². The zero-order valence-corrected chi connectivity index (χ0v) is 14.1. The van der Waals surface area contributed by atoms with E-state index in [4.69, 9.17) is 0 Å². The molecule has 0 aliphatic rings. The molecule has 2 heterocycles. The van der Waals surface area contributed by atoms with E-state index in [0.717, 1.165) is 33.7 Å². The predicted molar refractivity (Wildman–Crippen MR) is 105 cm³/mol. The lowest BCUT2D eigenvalue weighted by atomic mass is 10.1. The summed E-state index contributed by atoms with van der Waals surface area (Å²) in [4.78, 5) is 12.1. The molecule has 0 bridgehead atoms. The number of hydrogen-bond donors (Lipinski definition) is 1. The molecule has 0 unspecified atom stereocenters. The summed E-state index contributed by atoms with van der Waals surface area (Å²) in [6, 6.07) is 21.8. The minimum Gasteiger partial charge on any atom is -0.342 e. The van der Waals surface area contributed by atoms with Gasteiger partial charge in [-0.2, -0.15) is 10.2 Å². The minimum absolute atomic E-state index is 0.572. The lowest BCUT2D eigenvalue weighted by molar-refractivity contribution is 1.08. The number of para-hydroxylation sites is 2. The lowest BCUT2D eigenvalue weighted by Gasteiger charge is -2.03. The highest BCUT2D eigenvalue weighted by atomic mass is 15.2. The Labute approximate surface area is 151 Å². The smallest absolute Gasteiger partial charge is 0.113 e. The molecule has 2 aromatic carbocycles. The van der Waals surface area contributed by atoms with Gasteiger partial charge in [0.2, 0.25) is 0 Å². The number of benzene rings is 2. The summed E-state index contributed by atoms with van der Waals surface area (Å²) < 4.78 is 0. The Morgan fingerprint density at radius 3 is 2.62 bits per heavy atom. The highest BCUT2D eigenvalue weighted by Crippen LogP contribution is 2.13. The Balaban J connectivity index is 1.64. The van der Waals surface area contributed by atoms with Gasteiger partial charge in [-0.3, -0.25) is 4.98 Å². The molecule has 126 valence electrons. The summed E-state index contributed by atoms with van der Waals surface area (Å²) in [5.74, 6) is 0.866. The maximum absolute atomic E-state index is 4.65. The molecule has 0 fully saturated rings. The van der Waals surface area contributed by atoms with E-state index in [0.29, 0.717) is 6.42 Å². The van der Waals surface area contributed by atoms with E-state index in [1.807, 2.05) is 66.7 Å². The third kappa shape index (κ3) is 3.72. The molecular weight excluding hydrogens is 322 g/mol. The Kier molecular flexibility index (Phi) is 4.60. The molecule has 0 atom stereocenters. The van der Waals surface area contributed by atoms with Crippen molar-refractivity contribution in [3.05, 3.63) is 96.1 Å². The van der Waals surface area contributed by atoms with Crippen LogP contribution in [0.5, 0.6) is 0 Å². The van der Waals surface area contributed by atoms with E-state index in [-0.39, 0.29) is 0 Å². The van der Waals surface area contributed by atoms with Gasteiger partial charge in [0, 0.05) is 18.0 Å². The second-order valence-corrected chi connectivity index (χ2v) is 5.82. The number of imidazole rings is 1. The van der Waals surface area contributed by atoms with E-state index in [2.05, 4.69) is 25.2 Å². The number of pyridine rings is 1. The zero-order chi connectivity index (χ0) is 17.6. The fraction of sp³-hybridized carbons (Fsp3) is 0.0476. The molecule has 0 saturated carbocycles. The molecule has 0 saturated heterocycles. The maximum atomic E-state index is 4.65. The molecule has 0 amide bonds. The molecule has 5 nitrogen and oxygen atoms in total. The first-order valence-corrected chi connectivity index (χ1v) is 8.37. The molecule has 5 heteroatoms. The normalized spacial score (nSPS) is 12.1. The molecule has 0 radical (unpaired) electrons. The van der Waals surface area contributed by atoms with Crippen LogP contribution in [-0.4, -0.2) is 26.9 Å². The first-order chi connectivity index (χ1) is 12.9. The minimum atomic E-state index is 0.572. The van der Waals surface area contributed by atoms with Crippen LogP contribution in [0.25, 0.3) is 11.0 Å². The highest BCUT2D eigenvalue weighted by Gasteiger charge is 2.09. The molecule has 0 aliphatic heterocycles.